The van der Waals surface area contributed by atoms with Gasteiger partial charge in [-0.25, -0.2) is 13.2 Å². The summed E-state index contributed by atoms with van der Waals surface area (Å²) < 4.78 is 74.0. The molecule has 0 amide bonds. The van der Waals surface area contributed by atoms with Gasteiger partial charge in [-0.15, -0.1) is 0 Å². The number of hydrogen-bond donors (Lipinski definition) is 0. The molecule has 3 nitrogen and oxygen atoms in total. The predicted octanol–water partition coefficient (Wildman–Crippen LogP) is 6.82. The number of allylic oxidation sites excluding steroid dienone is 1. The van der Waals surface area contributed by atoms with Crippen LogP contribution in [0.5, 0.6) is 5.75 Å². The summed E-state index contributed by atoms with van der Waals surface area (Å²) in [5.41, 5.74) is 0.823. The summed E-state index contributed by atoms with van der Waals surface area (Å²) in [7, 11) is 1.25. The van der Waals surface area contributed by atoms with Crippen LogP contribution in [0.25, 0.3) is 22.3 Å². The van der Waals surface area contributed by atoms with Gasteiger partial charge in [0.25, 0.3) is 0 Å². The lowest BCUT2D eigenvalue weighted by Crippen LogP contribution is -2.26. The summed E-state index contributed by atoms with van der Waals surface area (Å²) in [5.74, 6) is -4.35. The van der Waals surface area contributed by atoms with Gasteiger partial charge >= 0.3 is 0 Å². The lowest BCUT2D eigenvalue weighted by Gasteiger charge is -2.28. The molecular formula is C26H22F4O3. The molecule has 0 N–H and O–H groups in total. The van der Waals surface area contributed by atoms with Crippen LogP contribution < -0.4 is 4.74 Å². The van der Waals surface area contributed by atoms with Crippen LogP contribution >= 0.6 is 0 Å². The van der Waals surface area contributed by atoms with Crippen molar-refractivity contribution in [2.45, 2.75) is 13.2 Å². The molecule has 0 aromatic heterocycles. The number of methoxy groups -OCH3 is 1. The number of ether oxygens (including phenoxy) is 3. The number of benzene rings is 3. The monoisotopic (exact) mass is 458 g/mol. The van der Waals surface area contributed by atoms with Crippen molar-refractivity contribution < 1.29 is 31.8 Å². The molecular weight excluding hydrogens is 436 g/mol. The van der Waals surface area contributed by atoms with Crippen LogP contribution in [0.2, 0.25) is 0 Å². The molecule has 1 aliphatic rings. The van der Waals surface area contributed by atoms with Crippen LogP contribution in [0.1, 0.15) is 18.8 Å². The van der Waals surface area contributed by atoms with E-state index < -0.39 is 29.6 Å². The summed E-state index contributed by atoms with van der Waals surface area (Å²) in [6.07, 6.45) is 2.84. The molecule has 0 spiro atoms. The maximum atomic E-state index is 14.9. The average molecular weight is 458 g/mol. The van der Waals surface area contributed by atoms with Crippen molar-refractivity contribution >= 4 is 0 Å². The Balaban J connectivity index is 1.58. The molecule has 1 aliphatic heterocycles. The molecule has 172 valence electrons. The van der Waals surface area contributed by atoms with Crippen LogP contribution in [0.15, 0.2) is 60.7 Å². The Labute approximate surface area is 189 Å². The Kier molecular flexibility index (Phi) is 6.81. The molecule has 4 rings (SSSR count). The van der Waals surface area contributed by atoms with E-state index in [2.05, 4.69) is 0 Å². The lowest BCUT2D eigenvalue weighted by molar-refractivity contribution is -0.199. The van der Waals surface area contributed by atoms with E-state index in [0.29, 0.717) is 24.3 Å². The molecule has 0 saturated carbocycles. The first-order chi connectivity index (χ1) is 15.9. The van der Waals surface area contributed by atoms with Crippen LogP contribution in [0.3, 0.4) is 0 Å². The molecule has 1 saturated heterocycles. The summed E-state index contributed by atoms with van der Waals surface area (Å²) in [6, 6.07) is 11.7. The van der Waals surface area contributed by atoms with Gasteiger partial charge in [-0.2, -0.15) is 4.39 Å². The second-order valence-electron chi connectivity index (χ2n) is 7.64. The zero-order valence-corrected chi connectivity index (χ0v) is 18.1. The van der Waals surface area contributed by atoms with Crippen molar-refractivity contribution in [3.05, 3.63) is 89.5 Å². The molecule has 1 heterocycles. The minimum atomic E-state index is -1.09. The summed E-state index contributed by atoms with van der Waals surface area (Å²) in [6.45, 7) is 2.59. The number of rotatable bonds is 5. The average Bonchev–Trinajstić information content (AvgIpc) is 2.84. The highest BCUT2D eigenvalue weighted by molar-refractivity contribution is 5.71. The van der Waals surface area contributed by atoms with E-state index in [1.54, 1.807) is 0 Å². The van der Waals surface area contributed by atoms with E-state index in [9.17, 15) is 17.6 Å². The van der Waals surface area contributed by atoms with Gasteiger partial charge in [0, 0.05) is 22.6 Å². The van der Waals surface area contributed by atoms with Crippen LogP contribution in [0, 0.1) is 29.2 Å². The minimum absolute atomic E-state index is 0.0115. The number of hydrogen-bond acceptors (Lipinski definition) is 3. The molecule has 0 atom stereocenters. The molecule has 0 aliphatic carbocycles. The van der Waals surface area contributed by atoms with Crippen molar-refractivity contribution in [3.63, 3.8) is 0 Å². The van der Waals surface area contributed by atoms with E-state index in [-0.39, 0.29) is 28.4 Å². The third kappa shape index (κ3) is 4.51. The van der Waals surface area contributed by atoms with Gasteiger partial charge in [0.2, 0.25) is 5.82 Å². The third-order valence-corrected chi connectivity index (χ3v) is 5.53. The van der Waals surface area contributed by atoms with Crippen LogP contribution in [-0.4, -0.2) is 20.3 Å². The molecule has 1 fully saturated rings. The fourth-order valence-corrected chi connectivity index (χ4v) is 3.79. The first kappa shape index (κ1) is 23.0. The first-order valence-electron chi connectivity index (χ1n) is 10.4. The van der Waals surface area contributed by atoms with Gasteiger partial charge in [0.05, 0.1) is 20.3 Å². The minimum Gasteiger partial charge on any atom is -0.494 e. The van der Waals surface area contributed by atoms with Crippen LogP contribution in [-0.2, 0) is 9.47 Å². The maximum Gasteiger partial charge on any atom is 0.201 e. The molecule has 0 bridgehead atoms. The van der Waals surface area contributed by atoms with Gasteiger partial charge in [-0.3, -0.25) is 0 Å². The smallest absolute Gasteiger partial charge is 0.201 e. The second-order valence-corrected chi connectivity index (χ2v) is 7.64. The van der Waals surface area contributed by atoms with E-state index in [0.717, 1.165) is 0 Å². The van der Waals surface area contributed by atoms with Crippen molar-refractivity contribution in [1.82, 2.24) is 0 Å². The molecule has 7 heteroatoms. The molecule has 0 unspecified atom stereocenters. The fraction of sp³-hybridized carbons (Fsp3) is 0.231. The van der Waals surface area contributed by atoms with Crippen molar-refractivity contribution in [1.29, 1.82) is 0 Å². The normalized spacial score (nSPS) is 18.6. The van der Waals surface area contributed by atoms with Crippen molar-refractivity contribution in [2.24, 2.45) is 5.92 Å². The van der Waals surface area contributed by atoms with Gasteiger partial charge in [0.1, 0.15) is 0 Å². The third-order valence-electron chi connectivity index (χ3n) is 5.53. The molecule has 33 heavy (non-hydrogen) atoms. The Morgan fingerprint density at radius 3 is 1.85 bits per heavy atom. The molecule has 3 aromatic rings. The first-order valence-corrected chi connectivity index (χ1v) is 10.4. The highest BCUT2D eigenvalue weighted by Gasteiger charge is 2.27. The summed E-state index contributed by atoms with van der Waals surface area (Å²) >= 11 is 0. The van der Waals surface area contributed by atoms with E-state index >= 15 is 0 Å². The zero-order valence-electron chi connectivity index (χ0n) is 18.1. The van der Waals surface area contributed by atoms with Crippen molar-refractivity contribution in [3.8, 4) is 28.0 Å². The van der Waals surface area contributed by atoms with E-state index in [1.807, 2.05) is 19.1 Å². The van der Waals surface area contributed by atoms with Gasteiger partial charge in [0.15, 0.2) is 29.5 Å². The topological polar surface area (TPSA) is 27.7 Å². The summed E-state index contributed by atoms with van der Waals surface area (Å²) in [4.78, 5) is 0. The lowest BCUT2D eigenvalue weighted by atomic mass is 9.98. The van der Waals surface area contributed by atoms with Gasteiger partial charge < -0.3 is 14.2 Å². The molecule has 0 radical (unpaired) electrons. The SMILES string of the molecule is CC=CC1COC(c2ccc(-c3ccc(-c4ccc(OC)c(F)c4F)cc3)c(F)c2F)OC1. The van der Waals surface area contributed by atoms with Crippen LogP contribution in [0.4, 0.5) is 17.6 Å². The summed E-state index contributed by atoms with van der Waals surface area (Å²) in [5, 5.41) is 0. The predicted molar refractivity (Wildman–Crippen MR) is 117 cm³/mol. The maximum absolute atomic E-state index is 14.9. The van der Waals surface area contributed by atoms with Gasteiger partial charge in [-0.05, 0) is 30.2 Å². The second kappa shape index (κ2) is 9.77. The Hall–Kier alpha value is -3.16. The Morgan fingerprint density at radius 2 is 1.30 bits per heavy atom. The highest BCUT2D eigenvalue weighted by Crippen LogP contribution is 2.35. The highest BCUT2D eigenvalue weighted by atomic mass is 19.2. The Morgan fingerprint density at radius 1 is 0.758 bits per heavy atom. The van der Waals surface area contributed by atoms with E-state index in [4.69, 9.17) is 14.2 Å². The zero-order chi connectivity index (χ0) is 23.5. The van der Waals surface area contributed by atoms with Crippen molar-refractivity contribution in [2.75, 3.05) is 20.3 Å². The Bertz CT molecular complexity index is 1170. The molecule has 3 aromatic carbocycles. The standard InChI is InChI=1S/C26H22F4O3/c1-3-4-15-13-32-26(33-14-15)20-10-9-18(22(27)24(20)29)16-5-7-17(8-6-16)19-11-12-21(31-2)25(30)23(19)28/h3-12,15,26H,13-14H2,1-2H3. The quantitative estimate of drug-likeness (QED) is 0.310. The van der Waals surface area contributed by atoms with E-state index in [1.165, 1.54) is 55.6 Å². The van der Waals surface area contributed by atoms with Gasteiger partial charge in [-0.1, -0.05) is 48.6 Å². The fourth-order valence-electron chi connectivity index (χ4n) is 3.79. The largest absolute Gasteiger partial charge is 0.494 e. The number of halogens is 4.